The largest absolute Gasteiger partial charge is 0.377 e. The van der Waals surface area contributed by atoms with Gasteiger partial charge in [-0.1, -0.05) is 13.0 Å². The Morgan fingerprint density at radius 1 is 1.53 bits per heavy atom. The first-order valence-corrected chi connectivity index (χ1v) is 5.39. The molecule has 3 nitrogen and oxygen atoms in total. The van der Waals surface area contributed by atoms with E-state index in [1.54, 1.807) is 7.11 Å². The minimum absolute atomic E-state index is 0.185. The van der Waals surface area contributed by atoms with Gasteiger partial charge in [-0.2, -0.15) is 0 Å². The van der Waals surface area contributed by atoms with Crippen molar-refractivity contribution in [3.8, 4) is 0 Å². The highest BCUT2D eigenvalue weighted by atomic mass is 16.5. The van der Waals surface area contributed by atoms with Crippen LogP contribution in [-0.4, -0.2) is 24.7 Å². The zero-order valence-corrected chi connectivity index (χ0v) is 9.29. The number of aromatic nitrogens is 1. The van der Waals surface area contributed by atoms with Crippen LogP contribution in [0, 0.1) is 0 Å². The van der Waals surface area contributed by atoms with Crippen LogP contribution in [0.2, 0.25) is 0 Å². The van der Waals surface area contributed by atoms with Gasteiger partial charge in [-0.05, 0) is 30.2 Å². The van der Waals surface area contributed by atoms with E-state index in [1.807, 2.05) is 0 Å². The molecule has 0 radical (unpaired) electrons. The predicted molar refractivity (Wildman–Crippen MR) is 61.8 cm³/mol. The number of nitrogens with two attached hydrogens (primary N) is 1. The van der Waals surface area contributed by atoms with Crippen molar-refractivity contribution in [2.75, 3.05) is 13.7 Å². The Kier molecular flexibility index (Phi) is 2.93. The van der Waals surface area contributed by atoms with Crippen molar-refractivity contribution in [3.05, 3.63) is 29.1 Å². The summed E-state index contributed by atoms with van der Waals surface area (Å²) >= 11 is 0. The van der Waals surface area contributed by atoms with Crippen molar-refractivity contribution in [3.63, 3.8) is 0 Å². The molecule has 1 aliphatic rings. The molecule has 1 aliphatic carbocycles. The third-order valence-corrected chi connectivity index (χ3v) is 3.12. The van der Waals surface area contributed by atoms with Gasteiger partial charge in [0.1, 0.15) is 0 Å². The molecule has 2 unspecified atom stereocenters. The Hall–Kier alpha value is -1.06. The molecule has 2 atom stereocenters. The van der Waals surface area contributed by atoms with Crippen molar-refractivity contribution < 1.29 is 4.74 Å². The highest BCUT2D eigenvalue weighted by molar-refractivity contribution is 5.58. The lowest BCUT2D eigenvalue weighted by Gasteiger charge is -2.24. The van der Waals surface area contributed by atoms with Crippen LogP contribution in [0.1, 0.15) is 29.7 Å². The first kappa shape index (κ1) is 10.5. The van der Waals surface area contributed by atoms with Gasteiger partial charge >= 0.3 is 0 Å². The van der Waals surface area contributed by atoms with Gasteiger partial charge in [0.15, 0.2) is 0 Å². The fraction of sp³-hybridized carbons (Fsp3) is 0.500. The van der Waals surface area contributed by atoms with Crippen LogP contribution in [0.15, 0.2) is 12.3 Å². The molecule has 0 spiro atoms. The molecule has 82 valence electrons. The normalized spacial score (nSPS) is 24.2. The number of hydrogen-bond acceptors (Lipinski definition) is 2. The summed E-state index contributed by atoms with van der Waals surface area (Å²) in [5, 5.41) is 0. The van der Waals surface area contributed by atoms with Crippen LogP contribution in [0.4, 0.5) is 0 Å². The average Bonchev–Trinajstić information content (AvgIpc) is 2.64. The SMILES string of the molecule is COC1C=Cc2[nH]cc(CCN)c2C1C. The number of ether oxygens (including phenoxy) is 1. The summed E-state index contributed by atoms with van der Waals surface area (Å²) in [7, 11) is 1.76. The Morgan fingerprint density at radius 3 is 3.00 bits per heavy atom. The van der Waals surface area contributed by atoms with Crippen molar-refractivity contribution in [2.24, 2.45) is 5.73 Å². The topological polar surface area (TPSA) is 51.0 Å². The lowest BCUT2D eigenvalue weighted by molar-refractivity contribution is 0.121. The second-order valence-electron chi connectivity index (χ2n) is 4.03. The van der Waals surface area contributed by atoms with Crippen molar-refractivity contribution in [1.82, 2.24) is 4.98 Å². The van der Waals surface area contributed by atoms with E-state index in [0.717, 1.165) is 6.42 Å². The number of rotatable bonds is 3. The van der Waals surface area contributed by atoms with E-state index >= 15 is 0 Å². The molecule has 0 aliphatic heterocycles. The molecule has 1 aromatic rings. The Bertz CT molecular complexity index is 368. The summed E-state index contributed by atoms with van der Waals surface area (Å²) in [6.07, 6.45) is 7.39. The van der Waals surface area contributed by atoms with Crippen LogP contribution in [-0.2, 0) is 11.2 Å². The van der Waals surface area contributed by atoms with Gasteiger partial charge in [0.05, 0.1) is 6.10 Å². The third kappa shape index (κ3) is 1.73. The minimum atomic E-state index is 0.185. The fourth-order valence-electron chi connectivity index (χ4n) is 2.34. The summed E-state index contributed by atoms with van der Waals surface area (Å²) in [6.45, 7) is 2.89. The first-order chi connectivity index (χ1) is 7.27. The molecule has 0 aromatic carbocycles. The molecular weight excluding hydrogens is 188 g/mol. The van der Waals surface area contributed by atoms with Crippen LogP contribution in [0.25, 0.3) is 6.08 Å². The molecule has 0 amide bonds. The highest BCUT2D eigenvalue weighted by Gasteiger charge is 2.25. The van der Waals surface area contributed by atoms with Gasteiger partial charge in [0.2, 0.25) is 0 Å². The van der Waals surface area contributed by atoms with E-state index in [-0.39, 0.29) is 6.10 Å². The number of H-pyrrole nitrogens is 1. The standard InChI is InChI=1S/C12H18N2O/c1-8-11(15-2)4-3-10-12(8)9(5-6-13)7-14-10/h3-4,7-8,11,14H,5-6,13H2,1-2H3. The molecule has 1 heterocycles. The molecular formula is C12H18N2O. The van der Waals surface area contributed by atoms with Crippen LogP contribution in [0.3, 0.4) is 0 Å². The number of methoxy groups -OCH3 is 1. The highest BCUT2D eigenvalue weighted by Crippen LogP contribution is 2.33. The number of nitrogens with one attached hydrogen (secondary N) is 1. The first-order valence-electron chi connectivity index (χ1n) is 5.39. The molecule has 2 rings (SSSR count). The number of aromatic amines is 1. The zero-order chi connectivity index (χ0) is 10.8. The minimum Gasteiger partial charge on any atom is -0.377 e. The predicted octanol–water partition coefficient (Wildman–Crippen LogP) is 1.66. The van der Waals surface area contributed by atoms with Gasteiger partial charge in [-0.3, -0.25) is 0 Å². The second kappa shape index (κ2) is 4.21. The maximum absolute atomic E-state index is 5.60. The Morgan fingerprint density at radius 2 is 2.33 bits per heavy atom. The van der Waals surface area contributed by atoms with Crippen LogP contribution in [0.5, 0.6) is 0 Å². The molecule has 1 aromatic heterocycles. The summed E-state index contributed by atoms with van der Waals surface area (Å²) in [5.41, 5.74) is 9.51. The van der Waals surface area contributed by atoms with E-state index in [2.05, 4.69) is 30.3 Å². The third-order valence-electron chi connectivity index (χ3n) is 3.12. The Balaban J connectivity index is 2.36. The molecule has 3 N–H and O–H groups in total. The van der Waals surface area contributed by atoms with Crippen LogP contribution < -0.4 is 5.73 Å². The number of hydrogen-bond donors (Lipinski definition) is 2. The number of fused-ring (bicyclic) bond motifs is 1. The van der Waals surface area contributed by atoms with E-state index in [4.69, 9.17) is 10.5 Å². The summed E-state index contributed by atoms with van der Waals surface area (Å²) in [4.78, 5) is 3.29. The molecule has 0 saturated heterocycles. The van der Waals surface area contributed by atoms with E-state index in [1.165, 1.54) is 16.8 Å². The maximum atomic E-state index is 5.60. The van der Waals surface area contributed by atoms with Crippen LogP contribution >= 0.6 is 0 Å². The van der Waals surface area contributed by atoms with Crippen molar-refractivity contribution in [1.29, 1.82) is 0 Å². The van der Waals surface area contributed by atoms with Gasteiger partial charge in [-0.15, -0.1) is 0 Å². The molecule has 15 heavy (non-hydrogen) atoms. The van der Waals surface area contributed by atoms with Gasteiger partial charge < -0.3 is 15.5 Å². The average molecular weight is 206 g/mol. The summed E-state index contributed by atoms with van der Waals surface area (Å²) in [6, 6.07) is 0. The van der Waals surface area contributed by atoms with Gasteiger partial charge in [0, 0.05) is 24.9 Å². The lowest BCUT2D eigenvalue weighted by Crippen LogP contribution is -2.20. The monoisotopic (exact) mass is 206 g/mol. The van der Waals surface area contributed by atoms with Crippen molar-refractivity contribution >= 4 is 6.08 Å². The Labute approximate surface area is 90.3 Å². The van der Waals surface area contributed by atoms with Gasteiger partial charge in [0.25, 0.3) is 0 Å². The lowest BCUT2D eigenvalue weighted by atomic mass is 9.87. The van der Waals surface area contributed by atoms with E-state index in [0.29, 0.717) is 12.5 Å². The maximum Gasteiger partial charge on any atom is 0.0822 e. The van der Waals surface area contributed by atoms with Crippen molar-refractivity contribution in [2.45, 2.75) is 25.4 Å². The van der Waals surface area contributed by atoms with E-state index < -0.39 is 0 Å². The summed E-state index contributed by atoms with van der Waals surface area (Å²) in [5.74, 6) is 0.405. The summed E-state index contributed by atoms with van der Waals surface area (Å²) < 4.78 is 5.43. The fourth-order valence-corrected chi connectivity index (χ4v) is 2.34. The van der Waals surface area contributed by atoms with E-state index in [9.17, 15) is 0 Å². The second-order valence-corrected chi connectivity index (χ2v) is 4.03. The smallest absolute Gasteiger partial charge is 0.0822 e. The molecule has 0 saturated carbocycles. The quantitative estimate of drug-likeness (QED) is 0.790. The molecule has 0 fully saturated rings. The molecule has 3 heteroatoms. The zero-order valence-electron chi connectivity index (χ0n) is 9.29. The van der Waals surface area contributed by atoms with Gasteiger partial charge in [-0.25, -0.2) is 0 Å². The molecule has 0 bridgehead atoms.